The molecule has 0 aliphatic rings. The van der Waals surface area contributed by atoms with Crippen LogP contribution in [0.1, 0.15) is 5.56 Å². The first-order valence-electron chi connectivity index (χ1n) is 7.21. The molecule has 0 bridgehead atoms. The summed E-state index contributed by atoms with van der Waals surface area (Å²) in [5.41, 5.74) is 4.38. The molecule has 0 atom stereocenters. The molecule has 0 heterocycles. The van der Waals surface area contributed by atoms with Gasteiger partial charge in [0.2, 0.25) is 0 Å². The van der Waals surface area contributed by atoms with Crippen molar-refractivity contribution in [2.45, 2.75) is 11.8 Å². The molecule has 25 heavy (non-hydrogen) atoms. The number of ether oxygens (including phenoxy) is 1. The second-order valence-electron chi connectivity index (χ2n) is 5.03. The average molecular weight is 494 g/mol. The minimum absolute atomic E-state index is 0. The fraction of sp³-hybridized carbons (Fsp3) is 0.188. The molecule has 0 aliphatic carbocycles. The largest absolute Gasteiger partial charge is 1.00 e. The smallest absolute Gasteiger partial charge is 0.339 e. The first-order chi connectivity index (χ1) is 11.4. The third-order valence-electron chi connectivity index (χ3n) is 2.96. The summed E-state index contributed by atoms with van der Waals surface area (Å²) in [4.78, 5) is 0.0992. The van der Waals surface area contributed by atoms with Crippen LogP contribution in [0.4, 0.5) is 0 Å². The first kappa shape index (κ1) is 21.6. The van der Waals surface area contributed by atoms with Gasteiger partial charge in [-0.1, -0.05) is 18.2 Å². The molecule has 0 saturated carbocycles. The van der Waals surface area contributed by atoms with Crippen LogP contribution in [0.15, 0.2) is 53.4 Å². The van der Waals surface area contributed by atoms with Gasteiger partial charge in [0, 0.05) is 18.3 Å². The maximum Gasteiger partial charge on any atom is 0.339 e. The van der Waals surface area contributed by atoms with Crippen molar-refractivity contribution in [2.24, 2.45) is 0 Å². The molecule has 0 aliphatic heterocycles. The number of halogens is 1. The third-order valence-corrected chi connectivity index (χ3v) is 4.36. The van der Waals surface area contributed by atoms with Gasteiger partial charge in [0.15, 0.2) is 0 Å². The van der Waals surface area contributed by atoms with Crippen LogP contribution in [0, 0.1) is 6.92 Å². The van der Waals surface area contributed by atoms with Gasteiger partial charge >= 0.3 is 10.1 Å². The van der Waals surface area contributed by atoms with Gasteiger partial charge in [-0.25, -0.2) is 0 Å². The van der Waals surface area contributed by atoms with Crippen molar-refractivity contribution in [1.29, 1.82) is 0 Å². The molecule has 136 valence electrons. The van der Waals surface area contributed by atoms with Crippen molar-refractivity contribution in [3.05, 3.63) is 54.1 Å². The molecular weight excluding hydrogens is 475 g/mol. The number of thiocarbonyl (C=S) groups is 1. The maximum absolute atomic E-state index is 12.3. The standard InChI is InChI=1S/C16H18N2O4S2.HI/c1-12-9-13(21-8-7-18-16(17)23)11-14(10-12)22-24(19,20)15-5-3-2-4-6-15;/h2-6,9-11H,7-8H2,1H3,(H3,17,18,23);1H. The normalized spacial score (nSPS) is 10.5. The van der Waals surface area contributed by atoms with Crippen LogP contribution < -0.4 is 43.9 Å². The number of hydrogen-bond donors (Lipinski definition) is 2. The van der Waals surface area contributed by atoms with E-state index in [2.05, 4.69) is 11.1 Å². The van der Waals surface area contributed by atoms with E-state index < -0.39 is 10.1 Å². The summed E-state index contributed by atoms with van der Waals surface area (Å²) in [6, 6.07) is 13.0. The minimum Gasteiger partial charge on any atom is -1.00 e. The van der Waals surface area contributed by atoms with Crippen molar-refractivity contribution in [1.82, 2.24) is 5.32 Å². The van der Waals surface area contributed by atoms with E-state index >= 15 is 0 Å². The molecule has 0 aromatic heterocycles. The third kappa shape index (κ3) is 7.14. The highest BCUT2D eigenvalue weighted by molar-refractivity contribution is 7.87. The zero-order chi connectivity index (χ0) is 17.6. The zero-order valence-corrected chi connectivity index (χ0v) is 17.4. The summed E-state index contributed by atoms with van der Waals surface area (Å²) in [6.45, 7) is 2.71. The van der Waals surface area contributed by atoms with E-state index in [0.29, 0.717) is 24.0 Å². The topological polar surface area (TPSA) is 92.3 Å². The Hall–Kier alpha value is -1.43. The van der Waals surface area contributed by atoms with Crippen LogP contribution in [0.25, 0.3) is 0 Å². The summed E-state index contributed by atoms with van der Waals surface area (Å²) in [6.07, 6.45) is 0. The zero-order valence-electron chi connectivity index (χ0n) is 13.6. The van der Waals surface area contributed by atoms with Crippen LogP contribution in [-0.4, -0.2) is 26.7 Å². The lowest BCUT2D eigenvalue weighted by Crippen LogP contribution is -3.00. The molecule has 2 aromatic rings. The lowest BCUT2D eigenvalue weighted by atomic mass is 10.2. The molecule has 0 unspecified atom stereocenters. The Morgan fingerprint density at radius 2 is 1.80 bits per heavy atom. The number of quaternary nitrogens is 1. The van der Waals surface area contributed by atoms with Crippen LogP contribution >= 0.6 is 12.2 Å². The van der Waals surface area contributed by atoms with Gasteiger partial charge in [0.1, 0.15) is 23.0 Å². The molecule has 0 amide bonds. The molecule has 0 saturated heterocycles. The van der Waals surface area contributed by atoms with E-state index in [1.807, 2.05) is 6.92 Å². The van der Waals surface area contributed by atoms with Crippen molar-refractivity contribution < 1.29 is 47.0 Å². The SMILES string of the molecule is Cc1cc(OCCNC([NH3+])=S)cc(OS(=O)(=O)c2ccccc2)c1.[I-]. The summed E-state index contributed by atoms with van der Waals surface area (Å²) in [7, 11) is -3.88. The predicted molar refractivity (Wildman–Crippen MR) is 94.4 cm³/mol. The Morgan fingerprint density at radius 3 is 2.44 bits per heavy atom. The van der Waals surface area contributed by atoms with Gasteiger partial charge in [0.25, 0.3) is 5.11 Å². The fourth-order valence-corrected chi connectivity index (χ4v) is 3.01. The van der Waals surface area contributed by atoms with Gasteiger partial charge in [-0.2, -0.15) is 8.42 Å². The number of benzene rings is 2. The quantitative estimate of drug-likeness (QED) is 0.206. The molecule has 0 spiro atoms. The molecular formula is C16H19IN2O4S2. The lowest BCUT2D eigenvalue weighted by Gasteiger charge is -2.11. The van der Waals surface area contributed by atoms with E-state index in [1.54, 1.807) is 30.3 Å². The Kier molecular flexibility index (Phi) is 8.56. The van der Waals surface area contributed by atoms with E-state index in [9.17, 15) is 8.42 Å². The van der Waals surface area contributed by atoms with Gasteiger partial charge < -0.3 is 43.9 Å². The minimum atomic E-state index is -3.88. The van der Waals surface area contributed by atoms with Crippen molar-refractivity contribution >= 4 is 27.4 Å². The van der Waals surface area contributed by atoms with Crippen molar-refractivity contribution in [3.8, 4) is 11.5 Å². The molecule has 2 aromatic carbocycles. The van der Waals surface area contributed by atoms with Crippen LogP contribution in [0.5, 0.6) is 11.5 Å². The highest BCUT2D eigenvalue weighted by atomic mass is 127. The monoisotopic (exact) mass is 494 g/mol. The van der Waals surface area contributed by atoms with Crippen LogP contribution in [0.3, 0.4) is 0 Å². The Balaban J connectivity index is 0.00000312. The summed E-state index contributed by atoms with van der Waals surface area (Å²) >= 11 is 4.81. The first-order valence-corrected chi connectivity index (χ1v) is 9.02. The molecule has 9 heteroatoms. The number of rotatable bonds is 7. The molecule has 0 fully saturated rings. The van der Waals surface area contributed by atoms with Crippen LogP contribution in [-0.2, 0) is 10.1 Å². The second-order valence-corrected chi connectivity index (χ2v) is 7.07. The van der Waals surface area contributed by atoms with Crippen LogP contribution in [0.2, 0.25) is 0 Å². The summed E-state index contributed by atoms with van der Waals surface area (Å²) < 4.78 is 35.3. The Labute approximate surface area is 169 Å². The van der Waals surface area contributed by atoms with Gasteiger partial charge in [-0.3, -0.25) is 0 Å². The summed E-state index contributed by atoms with van der Waals surface area (Å²) in [5, 5.41) is 3.32. The highest BCUT2D eigenvalue weighted by Gasteiger charge is 2.16. The van der Waals surface area contributed by atoms with Gasteiger partial charge in [0.05, 0.1) is 6.54 Å². The maximum atomic E-state index is 12.3. The van der Waals surface area contributed by atoms with Crippen molar-refractivity contribution in [3.63, 3.8) is 0 Å². The Morgan fingerprint density at radius 1 is 1.16 bits per heavy atom. The van der Waals surface area contributed by atoms with E-state index in [4.69, 9.17) is 21.1 Å². The van der Waals surface area contributed by atoms with Crippen molar-refractivity contribution in [2.75, 3.05) is 13.2 Å². The number of hydrogen-bond acceptors (Lipinski definition) is 5. The second kappa shape index (κ2) is 9.90. The van der Waals surface area contributed by atoms with E-state index in [-0.39, 0.29) is 34.6 Å². The molecule has 2 rings (SSSR count). The van der Waals surface area contributed by atoms with Gasteiger partial charge in [-0.15, -0.1) is 0 Å². The molecule has 4 N–H and O–H groups in total. The molecule has 6 nitrogen and oxygen atoms in total. The van der Waals surface area contributed by atoms with E-state index in [0.717, 1.165) is 5.56 Å². The predicted octanol–water partition coefficient (Wildman–Crippen LogP) is -1.74. The van der Waals surface area contributed by atoms with Gasteiger partial charge in [-0.05, 0) is 36.8 Å². The van der Waals surface area contributed by atoms with E-state index in [1.165, 1.54) is 18.2 Å². The Bertz CT molecular complexity index is 814. The molecule has 0 radical (unpaired) electrons. The highest BCUT2D eigenvalue weighted by Crippen LogP contribution is 2.25. The number of aryl methyl sites for hydroxylation is 1. The average Bonchev–Trinajstić information content (AvgIpc) is 2.51. The lowest BCUT2D eigenvalue weighted by molar-refractivity contribution is -0.215. The number of nitrogens with one attached hydrogen (secondary N) is 1. The fourth-order valence-electron chi connectivity index (χ4n) is 1.97. The summed E-state index contributed by atoms with van der Waals surface area (Å²) in [5.74, 6) is 0.722.